The molecule has 1 aliphatic carbocycles. The summed E-state index contributed by atoms with van der Waals surface area (Å²) in [6.07, 6.45) is 5.03. The van der Waals surface area contributed by atoms with Crippen LogP contribution in [0.1, 0.15) is 61.5 Å². The van der Waals surface area contributed by atoms with Crippen LogP contribution >= 0.6 is 0 Å². The van der Waals surface area contributed by atoms with E-state index in [1.807, 2.05) is 79.0 Å². The van der Waals surface area contributed by atoms with Crippen molar-refractivity contribution in [1.82, 2.24) is 14.8 Å². The number of hydrogen-bond acceptors (Lipinski definition) is 3. The van der Waals surface area contributed by atoms with Crippen molar-refractivity contribution in [3.63, 3.8) is 0 Å². The Morgan fingerprint density at radius 1 is 1.00 bits per heavy atom. The van der Waals surface area contributed by atoms with E-state index in [9.17, 15) is 9.59 Å². The zero-order valence-electron chi connectivity index (χ0n) is 19.5. The minimum Gasteiger partial charge on any atom is -0.441 e. The lowest BCUT2D eigenvalue weighted by Gasteiger charge is -2.38. The van der Waals surface area contributed by atoms with Crippen LogP contribution in [0, 0.1) is 0 Å². The molecule has 1 aromatic heterocycles. The predicted molar refractivity (Wildman–Crippen MR) is 128 cm³/mol. The summed E-state index contributed by atoms with van der Waals surface area (Å²) in [6.45, 7) is 3.97. The van der Waals surface area contributed by atoms with Crippen molar-refractivity contribution in [2.75, 3.05) is 0 Å². The Morgan fingerprint density at radius 3 is 2.39 bits per heavy atom. The van der Waals surface area contributed by atoms with Gasteiger partial charge in [-0.05, 0) is 51.2 Å². The topological polar surface area (TPSA) is 63.6 Å². The molecule has 2 aliphatic rings. The molecule has 6 heteroatoms. The third-order valence-electron chi connectivity index (χ3n) is 7.18. The van der Waals surface area contributed by atoms with Gasteiger partial charge >= 0.3 is 6.09 Å². The van der Waals surface area contributed by atoms with E-state index in [1.165, 1.54) is 0 Å². The number of carbonyl (C=O) groups is 2. The smallest absolute Gasteiger partial charge is 0.411 e. The van der Waals surface area contributed by atoms with Gasteiger partial charge in [0.05, 0.1) is 11.6 Å². The van der Waals surface area contributed by atoms with Crippen LogP contribution in [0.15, 0.2) is 60.8 Å². The number of cyclic esters (lactones) is 1. The number of para-hydroxylation sites is 1. The number of rotatable bonds is 4. The maximum Gasteiger partial charge on any atom is 0.411 e. The number of carbonyl (C=O) groups excluding carboxylic acids is 2. The molecular weight excluding hydrogens is 414 g/mol. The fourth-order valence-corrected chi connectivity index (χ4v) is 5.62. The second kappa shape index (κ2) is 8.25. The highest BCUT2D eigenvalue weighted by molar-refractivity contribution is 6.07. The van der Waals surface area contributed by atoms with Gasteiger partial charge in [0.1, 0.15) is 5.60 Å². The van der Waals surface area contributed by atoms with Gasteiger partial charge < -0.3 is 14.6 Å². The lowest BCUT2D eigenvalue weighted by atomic mass is 9.86. The van der Waals surface area contributed by atoms with E-state index in [4.69, 9.17) is 4.74 Å². The third-order valence-corrected chi connectivity index (χ3v) is 7.18. The van der Waals surface area contributed by atoms with E-state index in [0.29, 0.717) is 5.56 Å². The van der Waals surface area contributed by atoms with Crippen molar-refractivity contribution in [2.45, 2.75) is 63.3 Å². The number of nitrogens with zero attached hydrogens (tertiary/aromatic N) is 2. The molecule has 2 amide bonds. The number of benzene rings is 2. The second-order valence-electron chi connectivity index (χ2n) is 9.84. The quantitative estimate of drug-likeness (QED) is 0.601. The minimum atomic E-state index is -0.585. The number of nitrogens with one attached hydrogen (secondary N) is 1. The first-order valence-corrected chi connectivity index (χ1v) is 11.8. The van der Waals surface area contributed by atoms with E-state index >= 15 is 0 Å². The molecule has 2 heterocycles. The Morgan fingerprint density at radius 2 is 1.67 bits per heavy atom. The summed E-state index contributed by atoms with van der Waals surface area (Å²) < 4.78 is 7.78. The highest BCUT2D eigenvalue weighted by atomic mass is 16.6. The summed E-state index contributed by atoms with van der Waals surface area (Å²) in [5.74, 6) is -0.0286. The van der Waals surface area contributed by atoms with Gasteiger partial charge in [0, 0.05) is 36.2 Å². The van der Waals surface area contributed by atoms with Crippen molar-refractivity contribution in [2.24, 2.45) is 7.05 Å². The van der Waals surface area contributed by atoms with Crippen LogP contribution in [-0.2, 0) is 11.8 Å². The molecule has 172 valence electrons. The average Bonchev–Trinajstić information content (AvgIpc) is 3.27. The largest absolute Gasteiger partial charge is 0.441 e. The molecule has 1 atom stereocenters. The summed E-state index contributed by atoms with van der Waals surface area (Å²) in [7, 11) is 1.96. The highest BCUT2D eigenvalue weighted by Crippen LogP contribution is 2.44. The van der Waals surface area contributed by atoms with Gasteiger partial charge in [-0.2, -0.15) is 0 Å². The molecule has 2 aromatic carbocycles. The Balaban J connectivity index is 1.28. The lowest BCUT2D eigenvalue weighted by Crippen LogP contribution is -2.46. The maximum absolute atomic E-state index is 13.0. The monoisotopic (exact) mass is 445 g/mol. The molecule has 2 fully saturated rings. The molecule has 0 unspecified atom stereocenters. The van der Waals surface area contributed by atoms with Crippen molar-refractivity contribution in [1.29, 1.82) is 0 Å². The van der Waals surface area contributed by atoms with Crippen molar-refractivity contribution in [3.05, 3.63) is 71.9 Å². The van der Waals surface area contributed by atoms with Crippen LogP contribution in [0.2, 0.25) is 0 Å². The second-order valence-corrected chi connectivity index (χ2v) is 9.84. The van der Waals surface area contributed by atoms with Crippen molar-refractivity contribution < 1.29 is 14.3 Å². The first-order chi connectivity index (χ1) is 15.8. The molecule has 33 heavy (non-hydrogen) atoms. The first-order valence-electron chi connectivity index (χ1n) is 11.8. The van der Waals surface area contributed by atoms with Gasteiger partial charge in [0.15, 0.2) is 0 Å². The van der Waals surface area contributed by atoms with Crippen LogP contribution in [-0.4, -0.2) is 39.2 Å². The standard InChI is InChI=1S/C27H31N3O3/c1-27(2)24(18-9-5-4-6-10-18)30(26(32)33-27)20-15-13-19(14-16-20)28-25(31)22-17-29(3)23-12-8-7-11-21(22)23/h4-12,17,19-20,24H,13-16H2,1-3H3,(H,28,31)/t19-,20-,24-/m0/s1. The minimum absolute atomic E-state index is 0.0286. The fourth-order valence-electron chi connectivity index (χ4n) is 5.62. The molecule has 1 saturated carbocycles. The summed E-state index contributed by atoms with van der Waals surface area (Å²) >= 11 is 0. The first kappa shape index (κ1) is 21.6. The van der Waals surface area contributed by atoms with Gasteiger partial charge in [0.25, 0.3) is 5.91 Å². The number of ether oxygens (including phenoxy) is 1. The van der Waals surface area contributed by atoms with E-state index in [-0.39, 0.29) is 30.1 Å². The SMILES string of the molecule is Cn1cc(C(=O)N[C@H]2CC[C@H](N3C(=O)OC(C)(C)[C@@H]3c3ccccc3)CC2)c2ccccc21. The van der Waals surface area contributed by atoms with Crippen LogP contribution in [0.25, 0.3) is 10.9 Å². The zero-order chi connectivity index (χ0) is 23.2. The summed E-state index contributed by atoms with van der Waals surface area (Å²) in [6, 6.07) is 18.2. The molecule has 5 rings (SSSR count). The Kier molecular flexibility index (Phi) is 5.39. The average molecular weight is 446 g/mol. The van der Waals surface area contributed by atoms with Crippen molar-refractivity contribution in [3.8, 4) is 0 Å². The maximum atomic E-state index is 13.0. The van der Waals surface area contributed by atoms with E-state index < -0.39 is 5.60 Å². The zero-order valence-corrected chi connectivity index (χ0v) is 19.5. The molecule has 6 nitrogen and oxygen atoms in total. The Labute approximate surface area is 194 Å². The molecule has 3 aromatic rings. The van der Waals surface area contributed by atoms with Crippen LogP contribution < -0.4 is 5.32 Å². The highest BCUT2D eigenvalue weighted by Gasteiger charge is 2.51. The summed E-state index contributed by atoms with van der Waals surface area (Å²) in [5.41, 5.74) is 2.27. The van der Waals surface area contributed by atoms with E-state index in [0.717, 1.165) is 42.1 Å². The van der Waals surface area contributed by atoms with Gasteiger partial charge in [0.2, 0.25) is 0 Å². The number of fused-ring (bicyclic) bond motifs is 1. The van der Waals surface area contributed by atoms with Crippen molar-refractivity contribution >= 4 is 22.9 Å². The molecule has 1 aliphatic heterocycles. The normalized spacial score (nSPS) is 24.6. The summed E-state index contributed by atoms with van der Waals surface area (Å²) in [5, 5.41) is 4.21. The lowest BCUT2D eigenvalue weighted by molar-refractivity contribution is 0.0663. The van der Waals surface area contributed by atoms with Crippen LogP contribution in [0.3, 0.4) is 0 Å². The van der Waals surface area contributed by atoms with E-state index in [2.05, 4.69) is 17.4 Å². The molecule has 0 spiro atoms. The summed E-state index contributed by atoms with van der Waals surface area (Å²) in [4.78, 5) is 27.9. The molecular formula is C27H31N3O3. The molecule has 1 saturated heterocycles. The van der Waals surface area contributed by atoms with Gasteiger partial charge in [-0.25, -0.2) is 4.79 Å². The van der Waals surface area contributed by atoms with Crippen LogP contribution in [0.5, 0.6) is 0 Å². The number of hydrogen-bond donors (Lipinski definition) is 1. The van der Waals surface area contributed by atoms with Gasteiger partial charge in [-0.3, -0.25) is 9.69 Å². The molecule has 1 N–H and O–H groups in total. The van der Waals surface area contributed by atoms with E-state index in [1.54, 1.807) is 0 Å². The Bertz CT molecular complexity index is 1180. The fraction of sp³-hybridized carbons (Fsp3) is 0.407. The van der Waals surface area contributed by atoms with Gasteiger partial charge in [-0.1, -0.05) is 48.5 Å². The molecule has 0 radical (unpaired) electrons. The Hall–Kier alpha value is -3.28. The molecule has 0 bridgehead atoms. The van der Waals surface area contributed by atoms with Crippen LogP contribution in [0.4, 0.5) is 4.79 Å². The third kappa shape index (κ3) is 3.88. The number of aromatic nitrogens is 1. The predicted octanol–water partition coefficient (Wildman–Crippen LogP) is 5.19. The number of aryl methyl sites for hydroxylation is 1. The number of amides is 2. The van der Waals surface area contributed by atoms with Gasteiger partial charge in [-0.15, -0.1) is 0 Å².